The SMILES string of the molecule is NC1CCC(C(=O)Nc2nc(-c3ccc4c(c3)CCO4)cs2)C1. The normalized spacial score (nSPS) is 22.7. The average Bonchev–Trinajstić information content (AvgIpc) is 3.26. The summed E-state index contributed by atoms with van der Waals surface area (Å²) < 4.78 is 5.53. The molecule has 23 heavy (non-hydrogen) atoms. The first-order chi connectivity index (χ1) is 11.2. The fourth-order valence-corrected chi connectivity index (χ4v) is 3.99. The highest BCUT2D eigenvalue weighted by molar-refractivity contribution is 7.14. The average molecular weight is 329 g/mol. The van der Waals surface area contributed by atoms with Crippen LogP contribution in [0, 0.1) is 5.92 Å². The molecule has 4 rings (SSSR count). The molecule has 2 unspecified atom stereocenters. The summed E-state index contributed by atoms with van der Waals surface area (Å²) in [5.41, 5.74) is 9.06. The number of fused-ring (bicyclic) bond motifs is 1. The molecule has 6 heteroatoms. The third kappa shape index (κ3) is 2.96. The molecule has 1 amide bonds. The van der Waals surface area contributed by atoms with Crippen molar-refractivity contribution in [2.45, 2.75) is 31.7 Å². The molecule has 120 valence electrons. The van der Waals surface area contributed by atoms with Crippen LogP contribution in [0.3, 0.4) is 0 Å². The lowest BCUT2D eigenvalue weighted by Gasteiger charge is -2.08. The van der Waals surface area contributed by atoms with Crippen molar-refractivity contribution in [2.24, 2.45) is 11.7 Å². The number of nitrogens with zero attached hydrogens (tertiary/aromatic N) is 1. The lowest BCUT2D eigenvalue weighted by molar-refractivity contribution is -0.119. The van der Waals surface area contributed by atoms with Crippen LogP contribution in [-0.2, 0) is 11.2 Å². The van der Waals surface area contributed by atoms with Gasteiger partial charge in [0.2, 0.25) is 5.91 Å². The van der Waals surface area contributed by atoms with Gasteiger partial charge in [-0.25, -0.2) is 4.98 Å². The van der Waals surface area contributed by atoms with Gasteiger partial charge in [-0.15, -0.1) is 11.3 Å². The summed E-state index contributed by atoms with van der Waals surface area (Å²) >= 11 is 1.46. The van der Waals surface area contributed by atoms with E-state index in [0.717, 1.165) is 49.3 Å². The summed E-state index contributed by atoms with van der Waals surface area (Å²) in [5, 5.41) is 5.57. The van der Waals surface area contributed by atoms with E-state index in [2.05, 4.69) is 16.4 Å². The van der Waals surface area contributed by atoms with Gasteiger partial charge in [0.1, 0.15) is 5.75 Å². The molecule has 2 aliphatic rings. The molecule has 2 atom stereocenters. The molecule has 3 N–H and O–H groups in total. The summed E-state index contributed by atoms with van der Waals surface area (Å²) in [7, 11) is 0. The number of carbonyl (C=O) groups is 1. The highest BCUT2D eigenvalue weighted by Crippen LogP contribution is 2.32. The molecule has 2 aromatic rings. The molecule has 0 bridgehead atoms. The van der Waals surface area contributed by atoms with Gasteiger partial charge < -0.3 is 15.8 Å². The summed E-state index contributed by atoms with van der Waals surface area (Å²) in [5.74, 6) is 1.03. The van der Waals surface area contributed by atoms with Gasteiger partial charge in [0.15, 0.2) is 5.13 Å². The molecule has 1 aromatic carbocycles. The molecule has 0 spiro atoms. The highest BCUT2D eigenvalue weighted by Gasteiger charge is 2.28. The van der Waals surface area contributed by atoms with Crippen LogP contribution in [0.2, 0.25) is 0 Å². The van der Waals surface area contributed by atoms with Gasteiger partial charge in [-0.05, 0) is 43.0 Å². The van der Waals surface area contributed by atoms with Gasteiger partial charge in [-0.3, -0.25) is 4.79 Å². The molecule has 0 saturated heterocycles. The van der Waals surface area contributed by atoms with Gasteiger partial charge in [-0.1, -0.05) is 0 Å². The fraction of sp³-hybridized carbons (Fsp3) is 0.412. The number of ether oxygens (including phenoxy) is 1. The molecule has 1 fully saturated rings. The Balaban J connectivity index is 1.47. The van der Waals surface area contributed by atoms with Crippen molar-refractivity contribution in [1.29, 1.82) is 0 Å². The molecule has 1 aromatic heterocycles. The van der Waals surface area contributed by atoms with Crippen molar-refractivity contribution in [3.63, 3.8) is 0 Å². The Morgan fingerprint density at radius 2 is 2.30 bits per heavy atom. The second kappa shape index (κ2) is 5.94. The van der Waals surface area contributed by atoms with Gasteiger partial charge >= 0.3 is 0 Å². The van der Waals surface area contributed by atoms with Crippen molar-refractivity contribution in [3.05, 3.63) is 29.1 Å². The Hall–Kier alpha value is -1.92. The molecular weight excluding hydrogens is 310 g/mol. The Kier molecular flexibility index (Phi) is 3.79. The largest absolute Gasteiger partial charge is 0.493 e. The van der Waals surface area contributed by atoms with E-state index < -0.39 is 0 Å². The van der Waals surface area contributed by atoms with Crippen molar-refractivity contribution < 1.29 is 9.53 Å². The molecule has 0 radical (unpaired) electrons. The standard InChI is InChI=1S/C17H19N3O2S/c18-13-3-1-12(8-13)16(21)20-17-19-14(9-23-17)10-2-4-15-11(7-10)5-6-22-15/h2,4,7,9,12-13H,1,3,5-6,8,18H2,(H,19,20,21). The van der Waals surface area contributed by atoms with Crippen LogP contribution in [-0.4, -0.2) is 23.5 Å². The van der Waals surface area contributed by atoms with Crippen LogP contribution >= 0.6 is 11.3 Å². The number of amides is 1. The van der Waals surface area contributed by atoms with Crippen LogP contribution in [0.1, 0.15) is 24.8 Å². The molecular formula is C17H19N3O2S. The van der Waals surface area contributed by atoms with Gasteiger partial charge in [-0.2, -0.15) is 0 Å². The molecule has 2 heterocycles. The number of hydrogen-bond acceptors (Lipinski definition) is 5. The van der Waals surface area contributed by atoms with Crippen LogP contribution < -0.4 is 15.8 Å². The van der Waals surface area contributed by atoms with E-state index in [1.165, 1.54) is 16.9 Å². The third-order valence-electron chi connectivity index (χ3n) is 4.56. The zero-order valence-electron chi connectivity index (χ0n) is 12.7. The maximum absolute atomic E-state index is 12.2. The number of nitrogens with two attached hydrogens (primary N) is 1. The quantitative estimate of drug-likeness (QED) is 0.908. The van der Waals surface area contributed by atoms with Crippen molar-refractivity contribution >= 4 is 22.4 Å². The van der Waals surface area contributed by atoms with E-state index in [0.29, 0.717) is 5.13 Å². The molecule has 5 nitrogen and oxygen atoms in total. The number of nitrogens with one attached hydrogen (secondary N) is 1. The van der Waals surface area contributed by atoms with E-state index in [4.69, 9.17) is 10.5 Å². The number of aromatic nitrogens is 1. The third-order valence-corrected chi connectivity index (χ3v) is 5.32. The predicted octanol–water partition coefficient (Wildman–Crippen LogP) is 2.81. The summed E-state index contributed by atoms with van der Waals surface area (Å²) in [6, 6.07) is 6.29. The Labute approximate surface area is 138 Å². The topological polar surface area (TPSA) is 77.2 Å². The lowest BCUT2D eigenvalue weighted by atomic mass is 10.1. The van der Waals surface area contributed by atoms with Crippen LogP contribution in [0.5, 0.6) is 5.75 Å². The second-order valence-electron chi connectivity index (χ2n) is 6.22. The van der Waals surface area contributed by atoms with E-state index in [9.17, 15) is 4.79 Å². The first kappa shape index (κ1) is 14.7. The lowest BCUT2D eigenvalue weighted by Crippen LogP contribution is -2.23. The minimum Gasteiger partial charge on any atom is -0.493 e. The maximum atomic E-state index is 12.2. The van der Waals surface area contributed by atoms with Gasteiger partial charge in [0.05, 0.1) is 12.3 Å². The number of benzene rings is 1. The number of thiazole rings is 1. The van der Waals surface area contributed by atoms with E-state index >= 15 is 0 Å². The van der Waals surface area contributed by atoms with Crippen LogP contribution in [0.4, 0.5) is 5.13 Å². The summed E-state index contributed by atoms with van der Waals surface area (Å²) in [6.07, 6.45) is 3.52. The van der Waals surface area contributed by atoms with E-state index in [1.54, 1.807) is 0 Å². The number of rotatable bonds is 3. The van der Waals surface area contributed by atoms with Crippen molar-refractivity contribution in [1.82, 2.24) is 4.98 Å². The predicted molar refractivity (Wildman–Crippen MR) is 90.7 cm³/mol. The molecule has 1 aliphatic heterocycles. The first-order valence-electron chi connectivity index (χ1n) is 7.97. The van der Waals surface area contributed by atoms with E-state index in [1.807, 2.05) is 17.5 Å². The zero-order valence-corrected chi connectivity index (χ0v) is 13.6. The summed E-state index contributed by atoms with van der Waals surface area (Å²) in [6.45, 7) is 0.751. The fourth-order valence-electron chi connectivity index (χ4n) is 3.27. The van der Waals surface area contributed by atoms with E-state index in [-0.39, 0.29) is 17.9 Å². The molecule has 1 aliphatic carbocycles. The number of hydrogen-bond donors (Lipinski definition) is 2. The Morgan fingerprint density at radius 3 is 3.13 bits per heavy atom. The maximum Gasteiger partial charge on any atom is 0.229 e. The van der Waals surface area contributed by atoms with Crippen LogP contribution in [0.15, 0.2) is 23.6 Å². The smallest absolute Gasteiger partial charge is 0.229 e. The monoisotopic (exact) mass is 329 g/mol. The number of carbonyl (C=O) groups excluding carboxylic acids is 1. The first-order valence-corrected chi connectivity index (χ1v) is 8.85. The Bertz CT molecular complexity index is 743. The summed E-state index contributed by atoms with van der Waals surface area (Å²) in [4.78, 5) is 16.8. The van der Waals surface area contributed by atoms with Gasteiger partial charge in [0.25, 0.3) is 0 Å². The Morgan fingerprint density at radius 1 is 1.39 bits per heavy atom. The number of anilines is 1. The second-order valence-corrected chi connectivity index (χ2v) is 7.08. The zero-order chi connectivity index (χ0) is 15.8. The highest BCUT2D eigenvalue weighted by atomic mass is 32.1. The minimum atomic E-state index is 0.0227. The van der Waals surface area contributed by atoms with Crippen molar-refractivity contribution in [2.75, 3.05) is 11.9 Å². The molecule has 1 saturated carbocycles. The van der Waals surface area contributed by atoms with Crippen molar-refractivity contribution in [3.8, 4) is 17.0 Å². The minimum absolute atomic E-state index is 0.0227. The van der Waals surface area contributed by atoms with Crippen LogP contribution in [0.25, 0.3) is 11.3 Å². The van der Waals surface area contributed by atoms with Gasteiger partial charge in [0, 0.05) is 29.3 Å².